The van der Waals surface area contributed by atoms with Gasteiger partial charge in [0.15, 0.2) is 0 Å². The summed E-state index contributed by atoms with van der Waals surface area (Å²) in [5.74, 6) is 0.666. The number of fused-ring (bicyclic) bond motifs is 1. The minimum Gasteiger partial charge on any atom is -0.353 e. The molecule has 5 rings (SSSR count). The molecule has 2 aromatic carbocycles. The predicted molar refractivity (Wildman–Crippen MR) is 146 cm³/mol. The Bertz CT molecular complexity index is 1670. The molecule has 11 nitrogen and oxygen atoms in total. The Kier molecular flexibility index (Phi) is 7.01. The lowest BCUT2D eigenvalue weighted by Gasteiger charge is -2.35. The van der Waals surface area contributed by atoms with Crippen LogP contribution in [0.25, 0.3) is 22.2 Å². The van der Waals surface area contributed by atoms with Gasteiger partial charge in [0, 0.05) is 52.0 Å². The van der Waals surface area contributed by atoms with E-state index < -0.39 is 20.2 Å². The van der Waals surface area contributed by atoms with Gasteiger partial charge in [-0.25, -0.2) is 13.4 Å². The quantitative estimate of drug-likeness (QED) is 0.370. The summed E-state index contributed by atoms with van der Waals surface area (Å²) in [5.41, 5.74) is 3.24. The van der Waals surface area contributed by atoms with Crippen LogP contribution in [0.15, 0.2) is 78.1 Å². The van der Waals surface area contributed by atoms with Crippen molar-refractivity contribution >= 4 is 42.8 Å². The van der Waals surface area contributed by atoms with Crippen LogP contribution in [0.4, 0.5) is 11.5 Å². The third-order valence-corrected chi connectivity index (χ3v) is 9.59. The lowest BCUT2D eigenvalue weighted by molar-refractivity contribution is 0.355. The Morgan fingerprint density at radius 2 is 1.55 bits per heavy atom. The molecule has 1 aliphatic heterocycles. The van der Waals surface area contributed by atoms with Gasteiger partial charge in [0.2, 0.25) is 0 Å². The molecule has 0 bridgehead atoms. The third-order valence-electron chi connectivity index (χ3n) is 6.26. The van der Waals surface area contributed by atoms with Crippen molar-refractivity contribution in [2.45, 2.75) is 4.90 Å². The van der Waals surface area contributed by atoms with Crippen LogP contribution in [0.3, 0.4) is 0 Å². The van der Waals surface area contributed by atoms with Gasteiger partial charge in [-0.05, 0) is 35.9 Å². The van der Waals surface area contributed by atoms with Crippen LogP contribution in [0.1, 0.15) is 0 Å². The van der Waals surface area contributed by atoms with Gasteiger partial charge in [-0.15, -0.1) is 0 Å². The molecule has 13 heteroatoms. The maximum absolute atomic E-state index is 12.7. The maximum atomic E-state index is 12.7. The minimum atomic E-state index is -3.74. The van der Waals surface area contributed by atoms with E-state index in [1.54, 1.807) is 36.7 Å². The molecular formula is C25H27N7O4S2. The Morgan fingerprint density at radius 3 is 2.26 bits per heavy atom. The molecule has 0 saturated carbocycles. The van der Waals surface area contributed by atoms with E-state index in [1.165, 1.54) is 41.0 Å². The van der Waals surface area contributed by atoms with E-state index in [2.05, 4.69) is 14.7 Å². The first-order valence-electron chi connectivity index (χ1n) is 11.9. The summed E-state index contributed by atoms with van der Waals surface area (Å²) in [7, 11) is -4.15. The van der Waals surface area contributed by atoms with Crippen molar-refractivity contribution in [1.82, 2.24) is 23.6 Å². The average molecular weight is 554 g/mol. The van der Waals surface area contributed by atoms with Crippen LogP contribution >= 0.6 is 0 Å². The fourth-order valence-electron chi connectivity index (χ4n) is 4.18. The molecule has 2 aromatic heterocycles. The lowest BCUT2D eigenvalue weighted by atomic mass is 10.1. The molecule has 0 radical (unpaired) electrons. The van der Waals surface area contributed by atoms with Gasteiger partial charge in [-0.1, -0.05) is 24.3 Å². The number of sulfonamides is 1. The second kappa shape index (κ2) is 10.3. The summed E-state index contributed by atoms with van der Waals surface area (Å²) in [5, 5.41) is 0. The second-order valence-corrected chi connectivity index (χ2v) is 12.8. The molecule has 1 fully saturated rings. The molecule has 3 heterocycles. The highest BCUT2D eigenvalue weighted by Crippen LogP contribution is 2.27. The van der Waals surface area contributed by atoms with Crippen LogP contribution in [-0.4, -0.2) is 80.7 Å². The Balaban J connectivity index is 1.37. The monoisotopic (exact) mass is 553 g/mol. The highest BCUT2D eigenvalue weighted by molar-refractivity contribution is 7.92. The van der Waals surface area contributed by atoms with Gasteiger partial charge in [-0.3, -0.25) is 14.7 Å². The Hall–Kier alpha value is -3.65. The average Bonchev–Trinajstić information content (AvgIpc) is 2.93. The predicted octanol–water partition coefficient (Wildman–Crippen LogP) is 2.42. The van der Waals surface area contributed by atoms with Crippen molar-refractivity contribution in [1.29, 1.82) is 0 Å². The number of pyridine rings is 1. The number of aromatic nitrogens is 3. The third kappa shape index (κ3) is 5.31. The molecule has 198 valence electrons. The molecule has 0 atom stereocenters. The molecule has 4 aromatic rings. The number of rotatable bonds is 7. The molecule has 0 amide bonds. The number of piperazine rings is 1. The highest BCUT2D eigenvalue weighted by Gasteiger charge is 2.29. The molecule has 1 saturated heterocycles. The number of hydrogen-bond donors (Lipinski definition) is 1. The van der Waals surface area contributed by atoms with Crippen molar-refractivity contribution in [3.63, 3.8) is 0 Å². The van der Waals surface area contributed by atoms with Gasteiger partial charge in [0.1, 0.15) is 5.82 Å². The molecule has 0 spiro atoms. The van der Waals surface area contributed by atoms with Crippen LogP contribution in [0.2, 0.25) is 0 Å². The SMILES string of the molecule is CN(C)S(=O)(=O)N1CCN(c2cnc3ccc(-c4cncc(NS(=O)(=O)c5ccccc5)c4)cc3n2)CC1. The normalized spacial score (nSPS) is 15.2. The summed E-state index contributed by atoms with van der Waals surface area (Å²) in [6.07, 6.45) is 4.81. The van der Waals surface area contributed by atoms with E-state index in [0.29, 0.717) is 48.7 Å². The number of nitrogens with zero attached hydrogens (tertiary/aromatic N) is 6. The van der Waals surface area contributed by atoms with Crippen molar-refractivity contribution in [3.8, 4) is 11.1 Å². The van der Waals surface area contributed by atoms with Crippen molar-refractivity contribution < 1.29 is 16.8 Å². The highest BCUT2D eigenvalue weighted by atomic mass is 32.2. The standard InChI is InChI=1S/C25H27N7O4S2/c1-30(2)38(35,36)32-12-10-31(11-13-32)25-18-27-23-9-8-19(15-24(23)28-25)20-14-21(17-26-16-20)29-37(33,34)22-6-4-3-5-7-22/h3-9,14-18,29H,10-13H2,1-2H3. The van der Waals surface area contributed by atoms with Crippen LogP contribution in [-0.2, 0) is 20.2 Å². The lowest BCUT2D eigenvalue weighted by Crippen LogP contribution is -2.51. The Labute approximate surface area is 222 Å². The first-order valence-corrected chi connectivity index (χ1v) is 14.7. The Morgan fingerprint density at radius 1 is 0.816 bits per heavy atom. The summed E-state index contributed by atoms with van der Waals surface area (Å²) in [6, 6.07) is 15.5. The zero-order chi connectivity index (χ0) is 26.9. The van der Waals surface area contributed by atoms with Gasteiger partial charge in [0.25, 0.3) is 20.2 Å². The van der Waals surface area contributed by atoms with Crippen LogP contribution < -0.4 is 9.62 Å². The zero-order valence-electron chi connectivity index (χ0n) is 20.9. The van der Waals surface area contributed by atoms with Gasteiger partial charge in [-0.2, -0.15) is 17.0 Å². The largest absolute Gasteiger partial charge is 0.353 e. The van der Waals surface area contributed by atoms with E-state index in [1.807, 2.05) is 23.1 Å². The first-order chi connectivity index (χ1) is 18.1. The summed E-state index contributed by atoms with van der Waals surface area (Å²) >= 11 is 0. The number of hydrogen-bond acceptors (Lipinski definition) is 8. The van der Waals surface area contributed by atoms with E-state index in [4.69, 9.17) is 4.98 Å². The van der Waals surface area contributed by atoms with Crippen molar-refractivity contribution in [2.24, 2.45) is 0 Å². The molecular weight excluding hydrogens is 526 g/mol. The fraction of sp³-hybridized carbons (Fsp3) is 0.240. The molecule has 0 aliphatic carbocycles. The summed E-state index contributed by atoms with van der Waals surface area (Å²) < 4.78 is 55.5. The molecule has 1 N–H and O–H groups in total. The molecule has 38 heavy (non-hydrogen) atoms. The smallest absolute Gasteiger partial charge is 0.281 e. The van der Waals surface area contributed by atoms with E-state index in [-0.39, 0.29) is 4.90 Å². The number of benzene rings is 2. The molecule has 0 unspecified atom stereocenters. The van der Waals surface area contributed by atoms with Crippen molar-refractivity contribution in [2.75, 3.05) is 49.9 Å². The maximum Gasteiger partial charge on any atom is 0.281 e. The fourth-order valence-corrected chi connectivity index (χ4v) is 6.32. The minimum absolute atomic E-state index is 0.166. The summed E-state index contributed by atoms with van der Waals surface area (Å²) in [6.45, 7) is 1.72. The zero-order valence-corrected chi connectivity index (χ0v) is 22.5. The van der Waals surface area contributed by atoms with Crippen LogP contribution in [0.5, 0.6) is 0 Å². The van der Waals surface area contributed by atoms with E-state index >= 15 is 0 Å². The van der Waals surface area contributed by atoms with Gasteiger partial charge in [0.05, 0.1) is 34.0 Å². The second-order valence-electron chi connectivity index (χ2n) is 8.99. The number of anilines is 2. The van der Waals surface area contributed by atoms with Gasteiger partial charge >= 0.3 is 0 Å². The van der Waals surface area contributed by atoms with E-state index in [0.717, 1.165) is 11.1 Å². The van der Waals surface area contributed by atoms with Crippen molar-refractivity contribution in [3.05, 3.63) is 73.2 Å². The van der Waals surface area contributed by atoms with Crippen LogP contribution in [0, 0.1) is 0 Å². The summed E-state index contributed by atoms with van der Waals surface area (Å²) in [4.78, 5) is 15.7. The van der Waals surface area contributed by atoms with E-state index in [9.17, 15) is 16.8 Å². The van der Waals surface area contributed by atoms with Gasteiger partial charge < -0.3 is 4.90 Å². The number of nitrogens with one attached hydrogen (secondary N) is 1. The first kappa shape index (κ1) is 26.0. The topological polar surface area (TPSA) is 129 Å². The molecule has 1 aliphatic rings.